The summed E-state index contributed by atoms with van der Waals surface area (Å²) in [5.41, 5.74) is 0.735. The minimum absolute atomic E-state index is 0.209. The maximum atomic E-state index is 11.5. The Balaban J connectivity index is 3.29. The molecule has 0 saturated heterocycles. The predicted molar refractivity (Wildman–Crippen MR) is 73.6 cm³/mol. The largest absolute Gasteiger partial charge is 0.496 e. The number of esters is 1. The molecule has 1 unspecified atom stereocenters. The third-order valence-corrected chi connectivity index (χ3v) is 2.88. The van der Waals surface area contributed by atoms with E-state index in [1.54, 1.807) is 25.1 Å². The quantitative estimate of drug-likeness (QED) is 0.614. The smallest absolute Gasteiger partial charge is 0.339 e. The molecule has 102 valence electrons. The molecule has 0 amide bonds. The molecule has 0 aliphatic carbocycles. The van der Waals surface area contributed by atoms with E-state index in [9.17, 15) is 9.70 Å². The topological polar surface area (TPSA) is 65.0 Å². The van der Waals surface area contributed by atoms with Gasteiger partial charge >= 0.3 is 5.97 Å². The van der Waals surface area contributed by atoms with Gasteiger partial charge in [0.2, 0.25) is 0 Å². The van der Waals surface area contributed by atoms with E-state index in [1.807, 2.05) is 0 Å². The van der Waals surface area contributed by atoms with Crippen LogP contribution in [0.3, 0.4) is 0 Å². The van der Waals surface area contributed by atoms with Crippen molar-refractivity contribution in [2.24, 2.45) is 5.18 Å². The second-order valence-corrected chi connectivity index (χ2v) is 4.12. The third kappa shape index (κ3) is 3.54. The van der Waals surface area contributed by atoms with Crippen LogP contribution in [-0.2, 0) is 4.74 Å². The summed E-state index contributed by atoms with van der Waals surface area (Å²) in [5.74, 6) is -0.0455. The lowest BCUT2D eigenvalue weighted by molar-refractivity contribution is 0.0601. The molecule has 1 aromatic carbocycles. The monoisotopic (exact) mass is 283 g/mol. The number of nitroso groups, excluding NO2 is 1. The Bertz CT molecular complexity index is 514. The Hall–Kier alpha value is -1.88. The second-order valence-electron chi connectivity index (χ2n) is 3.74. The molecule has 6 heteroatoms. The Labute approximate surface area is 116 Å². The van der Waals surface area contributed by atoms with Crippen LogP contribution in [0.25, 0.3) is 6.08 Å². The summed E-state index contributed by atoms with van der Waals surface area (Å²) in [5, 5.41) is 3.06. The summed E-state index contributed by atoms with van der Waals surface area (Å²) in [4.78, 5) is 21.9. The zero-order chi connectivity index (χ0) is 14.4. The lowest BCUT2D eigenvalue weighted by atomic mass is 10.1. The van der Waals surface area contributed by atoms with Crippen LogP contribution in [-0.4, -0.2) is 26.2 Å². The highest BCUT2D eigenvalue weighted by atomic mass is 35.5. The van der Waals surface area contributed by atoms with Crippen LogP contribution < -0.4 is 4.74 Å². The second kappa shape index (κ2) is 6.89. The van der Waals surface area contributed by atoms with E-state index in [4.69, 9.17) is 16.3 Å². The lowest BCUT2D eigenvalue weighted by Crippen LogP contribution is -2.04. The molecule has 0 aromatic heterocycles. The van der Waals surface area contributed by atoms with Crippen LogP contribution in [0.4, 0.5) is 0 Å². The highest BCUT2D eigenvalue weighted by Crippen LogP contribution is 2.31. The minimum Gasteiger partial charge on any atom is -0.496 e. The summed E-state index contributed by atoms with van der Waals surface area (Å²) in [6.45, 7) is 1.63. The number of rotatable bonds is 5. The average Bonchev–Trinajstić information content (AvgIpc) is 2.44. The highest BCUT2D eigenvalue weighted by molar-refractivity contribution is 6.35. The van der Waals surface area contributed by atoms with E-state index in [0.29, 0.717) is 11.3 Å². The highest BCUT2D eigenvalue weighted by Gasteiger charge is 2.16. The molecule has 1 rings (SSSR count). The SMILES string of the molecule is COC(=O)c1ccc(OC)c(C=CC(C)N=O)c1Cl. The number of benzene rings is 1. The van der Waals surface area contributed by atoms with Crippen molar-refractivity contribution in [3.8, 4) is 5.75 Å². The normalized spacial score (nSPS) is 12.2. The molecule has 1 atom stereocenters. The van der Waals surface area contributed by atoms with Gasteiger partial charge in [-0.15, -0.1) is 0 Å². The van der Waals surface area contributed by atoms with Gasteiger partial charge in [0, 0.05) is 5.56 Å². The molecule has 0 spiro atoms. The maximum Gasteiger partial charge on any atom is 0.339 e. The zero-order valence-electron chi connectivity index (χ0n) is 10.8. The van der Waals surface area contributed by atoms with E-state index in [2.05, 4.69) is 9.91 Å². The van der Waals surface area contributed by atoms with Crippen LogP contribution in [0.15, 0.2) is 23.4 Å². The van der Waals surface area contributed by atoms with Crippen LogP contribution in [0.2, 0.25) is 5.02 Å². The third-order valence-electron chi connectivity index (χ3n) is 2.47. The van der Waals surface area contributed by atoms with E-state index in [-0.39, 0.29) is 10.6 Å². The predicted octanol–water partition coefficient (Wildman–Crippen LogP) is 3.30. The van der Waals surface area contributed by atoms with Crippen molar-refractivity contribution in [3.63, 3.8) is 0 Å². The number of ether oxygens (including phenoxy) is 2. The van der Waals surface area contributed by atoms with E-state index in [0.717, 1.165) is 0 Å². The number of methoxy groups -OCH3 is 2. The lowest BCUT2D eigenvalue weighted by Gasteiger charge is -2.10. The summed E-state index contributed by atoms with van der Waals surface area (Å²) in [7, 11) is 2.76. The molecule has 0 aliphatic rings. The van der Waals surface area contributed by atoms with Crippen molar-refractivity contribution in [3.05, 3.63) is 39.3 Å². The fraction of sp³-hybridized carbons (Fsp3) is 0.308. The number of hydrogen-bond acceptors (Lipinski definition) is 5. The van der Waals surface area contributed by atoms with Crippen LogP contribution in [0.5, 0.6) is 5.75 Å². The minimum atomic E-state index is -0.538. The number of halogens is 1. The van der Waals surface area contributed by atoms with Gasteiger partial charge in [-0.2, -0.15) is 4.91 Å². The molecular formula is C13H14ClNO4. The van der Waals surface area contributed by atoms with Crippen LogP contribution >= 0.6 is 11.6 Å². The van der Waals surface area contributed by atoms with Crippen LogP contribution in [0, 0.1) is 4.91 Å². The molecule has 19 heavy (non-hydrogen) atoms. The first-order chi connectivity index (χ1) is 9.04. The van der Waals surface area contributed by atoms with Crippen molar-refractivity contribution in [2.75, 3.05) is 14.2 Å². The van der Waals surface area contributed by atoms with E-state index < -0.39 is 12.0 Å². The van der Waals surface area contributed by atoms with E-state index in [1.165, 1.54) is 20.3 Å². The summed E-state index contributed by atoms with van der Waals surface area (Å²) >= 11 is 6.15. The number of carbonyl (C=O) groups is 1. The molecule has 0 aliphatic heterocycles. The Morgan fingerprint density at radius 3 is 2.63 bits per heavy atom. The van der Waals surface area contributed by atoms with Gasteiger partial charge in [-0.25, -0.2) is 4.79 Å². The average molecular weight is 284 g/mol. The van der Waals surface area contributed by atoms with Crippen molar-refractivity contribution in [1.29, 1.82) is 0 Å². The molecule has 1 aromatic rings. The summed E-state index contributed by atoms with van der Waals surface area (Å²) in [6.07, 6.45) is 3.16. The zero-order valence-corrected chi connectivity index (χ0v) is 11.6. The van der Waals surface area contributed by atoms with Crippen molar-refractivity contribution < 1.29 is 14.3 Å². The molecule has 0 radical (unpaired) electrons. The first-order valence-electron chi connectivity index (χ1n) is 5.50. The van der Waals surface area contributed by atoms with Gasteiger partial charge in [0.15, 0.2) is 0 Å². The fourth-order valence-corrected chi connectivity index (χ4v) is 1.74. The van der Waals surface area contributed by atoms with Gasteiger partial charge < -0.3 is 9.47 Å². The summed E-state index contributed by atoms with van der Waals surface area (Å²) in [6, 6.07) is 2.63. The molecule has 0 saturated carbocycles. The van der Waals surface area contributed by atoms with Gasteiger partial charge in [0.05, 0.1) is 24.8 Å². The number of hydrogen-bond donors (Lipinski definition) is 0. The molecule has 0 fully saturated rings. The molecular weight excluding hydrogens is 270 g/mol. The van der Waals surface area contributed by atoms with E-state index >= 15 is 0 Å². The van der Waals surface area contributed by atoms with Crippen molar-refractivity contribution >= 4 is 23.6 Å². The Kier molecular flexibility index (Phi) is 5.51. The Morgan fingerprint density at radius 2 is 2.11 bits per heavy atom. The van der Waals surface area contributed by atoms with Gasteiger partial charge in [0.1, 0.15) is 11.8 Å². The first-order valence-corrected chi connectivity index (χ1v) is 5.88. The van der Waals surface area contributed by atoms with Gasteiger partial charge in [-0.05, 0) is 19.1 Å². The van der Waals surface area contributed by atoms with Gasteiger partial charge in [0.25, 0.3) is 0 Å². The number of carbonyl (C=O) groups excluding carboxylic acids is 1. The molecule has 5 nitrogen and oxygen atoms in total. The van der Waals surface area contributed by atoms with Crippen molar-refractivity contribution in [1.82, 2.24) is 0 Å². The first kappa shape index (κ1) is 15.2. The summed E-state index contributed by atoms with van der Waals surface area (Å²) < 4.78 is 9.80. The fourth-order valence-electron chi connectivity index (χ4n) is 1.45. The molecule has 0 heterocycles. The van der Waals surface area contributed by atoms with Gasteiger partial charge in [-0.3, -0.25) is 0 Å². The molecule has 0 N–H and O–H groups in total. The maximum absolute atomic E-state index is 11.5. The Morgan fingerprint density at radius 1 is 1.42 bits per heavy atom. The van der Waals surface area contributed by atoms with Crippen LogP contribution in [0.1, 0.15) is 22.8 Å². The number of nitrogens with zero attached hydrogens (tertiary/aromatic N) is 1. The molecule has 0 bridgehead atoms. The van der Waals surface area contributed by atoms with Gasteiger partial charge in [-0.1, -0.05) is 28.9 Å². The standard InChI is InChI=1S/C13H14ClNO4/c1-8(15-17)4-5-9-11(18-2)7-6-10(12(9)14)13(16)19-3/h4-8H,1-3H3. The van der Waals surface area contributed by atoms with Crippen molar-refractivity contribution in [2.45, 2.75) is 13.0 Å².